The minimum atomic E-state index is -1.20. The number of phenolic OH excluding ortho intramolecular Hbond substituents is 1. The van der Waals surface area contributed by atoms with Crippen LogP contribution in [-0.4, -0.2) is 49.2 Å². The highest BCUT2D eigenvalue weighted by atomic mass is 32.2. The van der Waals surface area contributed by atoms with Gasteiger partial charge in [0.05, 0.1) is 16.9 Å². The molecule has 166 valence electrons. The van der Waals surface area contributed by atoms with Gasteiger partial charge in [-0.2, -0.15) is 0 Å². The molecule has 0 unspecified atom stereocenters. The zero-order valence-electron chi connectivity index (χ0n) is 16.9. The van der Waals surface area contributed by atoms with Crippen molar-refractivity contribution in [3.8, 4) is 5.75 Å². The van der Waals surface area contributed by atoms with Crippen molar-refractivity contribution in [1.29, 1.82) is 0 Å². The summed E-state index contributed by atoms with van der Waals surface area (Å²) in [5, 5.41) is 20.9. The lowest BCUT2D eigenvalue weighted by molar-refractivity contribution is -0.154. The molecule has 2 saturated carbocycles. The summed E-state index contributed by atoms with van der Waals surface area (Å²) < 4.78 is 0. The van der Waals surface area contributed by atoms with Crippen LogP contribution in [0.5, 0.6) is 5.75 Å². The number of aromatic nitrogens is 1. The number of fused-ring (bicyclic) bond motifs is 9. The van der Waals surface area contributed by atoms with Crippen molar-refractivity contribution in [3.05, 3.63) is 44.4 Å². The molecule has 2 aliphatic heterocycles. The molecule has 1 aromatic heterocycles. The molecule has 10 heteroatoms. The number of hydrogen-bond acceptors (Lipinski definition) is 7. The minimum Gasteiger partial charge on any atom is -0.508 e. The van der Waals surface area contributed by atoms with Crippen LogP contribution in [0, 0.1) is 29.6 Å². The lowest BCUT2D eigenvalue weighted by Gasteiger charge is -2.43. The molecule has 4 aliphatic rings. The fraction of sp³-hybridized carbons (Fsp3) is 0.455. The zero-order valence-corrected chi connectivity index (χ0v) is 18.6. The first-order chi connectivity index (χ1) is 15.3. The Bertz CT molecular complexity index is 1240. The molecule has 0 spiro atoms. The van der Waals surface area contributed by atoms with Gasteiger partial charge < -0.3 is 15.2 Å². The molecule has 3 heterocycles. The van der Waals surface area contributed by atoms with Gasteiger partial charge in [-0.15, -0.1) is 11.8 Å². The number of carboxylic acids is 1. The summed E-state index contributed by atoms with van der Waals surface area (Å²) in [5.41, 5.74) is 0.718. The maximum Gasteiger partial charge on any atom is 0.326 e. The van der Waals surface area contributed by atoms with E-state index in [0.29, 0.717) is 6.42 Å². The third-order valence-corrected chi connectivity index (χ3v) is 10.4. The van der Waals surface area contributed by atoms with Crippen LogP contribution in [0.3, 0.4) is 0 Å². The lowest BCUT2D eigenvalue weighted by Crippen LogP contribution is -2.44. The summed E-state index contributed by atoms with van der Waals surface area (Å²) in [5.74, 6) is -3.36. The number of nitrogens with zero attached hydrogens (tertiary/aromatic N) is 1. The first-order valence-corrected chi connectivity index (χ1v) is 12.3. The fourth-order valence-electron chi connectivity index (χ4n) is 6.63. The van der Waals surface area contributed by atoms with Crippen molar-refractivity contribution >= 4 is 40.9 Å². The molecule has 3 N–H and O–H groups in total. The highest BCUT2D eigenvalue weighted by Gasteiger charge is 2.70. The predicted octanol–water partition coefficient (Wildman–Crippen LogP) is 2.09. The third kappa shape index (κ3) is 2.45. The van der Waals surface area contributed by atoms with Gasteiger partial charge in [-0.1, -0.05) is 29.5 Å². The number of likely N-dealkylation sites (tertiary alicyclic amines) is 1. The van der Waals surface area contributed by atoms with Gasteiger partial charge in [-0.05, 0) is 37.2 Å². The highest BCUT2D eigenvalue weighted by Crippen LogP contribution is 2.69. The molecule has 6 rings (SSSR count). The molecule has 0 radical (unpaired) electrons. The summed E-state index contributed by atoms with van der Waals surface area (Å²) in [7, 11) is 0. The summed E-state index contributed by atoms with van der Waals surface area (Å²) in [6, 6.07) is 5.87. The first kappa shape index (κ1) is 20.0. The number of thiazole rings is 1. The number of nitrogens with one attached hydrogen (secondary N) is 1. The maximum absolute atomic E-state index is 13.3. The first-order valence-electron chi connectivity index (χ1n) is 10.6. The number of rotatable bonds is 3. The quantitative estimate of drug-likeness (QED) is 0.584. The molecule has 2 aliphatic carbocycles. The number of aromatic hydroxyl groups is 1. The van der Waals surface area contributed by atoms with E-state index in [-0.39, 0.29) is 45.5 Å². The topological polar surface area (TPSA) is 128 Å². The number of carbonyl (C=O) groups is 3. The number of amides is 2. The normalized spacial score (nSPS) is 35.5. The zero-order chi connectivity index (χ0) is 22.5. The molecule has 1 saturated heterocycles. The van der Waals surface area contributed by atoms with Crippen molar-refractivity contribution in [2.75, 3.05) is 0 Å². The van der Waals surface area contributed by atoms with E-state index >= 15 is 0 Å². The number of phenols is 1. The van der Waals surface area contributed by atoms with Gasteiger partial charge in [0.1, 0.15) is 11.8 Å². The van der Waals surface area contributed by atoms with Crippen LogP contribution in [-0.2, 0) is 14.4 Å². The molecular formula is C22H20N2O6S2. The van der Waals surface area contributed by atoms with Crippen LogP contribution >= 0.6 is 23.1 Å². The Morgan fingerprint density at radius 3 is 2.53 bits per heavy atom. The molecule has 2 amide bonds. The summed E-state index contributed by atoms with van der Waals surface area (Å²) in [4.78, 5) is 54.8. The van der Waals surface area contributed by atoms with E-state index in [0.717, 1.165) is 31.7 Å². The lowest BCUT2D eigenvalue weighted by atomic mass is 9.68. The van der Waals surface area contributed by atoms with E-state index in [1.165, 1.54) is 6.92 Å². The number of hydrogen-bond donors (Lipinski definition) is 3. The number of carboxylic acid groups (broad SMARTS) is 1. The van der Waals surface area contributed by atoms with Gasteiger partial charge in [0.2, 0.25) is 11.8 Å². The Kier molecular flexibility index (Phi) is 4.20. The average molecular weight is 473 g/mol. The van der Waals surface area contributed by atoms with Crippen molar-refractivity contribution in [3.63, 3.8) is 0 Å². The fourth-order valence-corrected chi connectivity index (χ4v) is 9.51. The monoisotopic (exact) mass is 472 g/mol. The van der Waals surface area contributed by atoms with Crippen LogP contribution < -0.4 is 4.87 Å². The smallest absolute Gasteiger partial charge is 0.326 e. The number of para-hydroxylation sites is 1. The van der Waals surface area contributed by atoms with E-state index in [2.05, 4.69) is 4.98 Å². The number of thioether (sulfide) groups is 1. The SMILES string of the molecule is C[C@H](C(=O)O)N1C(=O)[C@@H]2[C@H]3C[C@@H]([C@@H]2C1=O)[C@@H]1[C@@H](c2ccccc2O)c2sc(=O)[nH]c2S[C@H]31. The van der Waals surface area contributed by atoms with Crippen LogP contribution in [0.15, 0.2) is 34.1 Å². The molecule has 1 aromatic carbocycles. The van der Waals surface area contributed by atoms with Crippen molar-refractivity contribution in [1.82, 2.24) is 9.88 Å². The second-order valence-electron chi connectivity index (χ2n) is 9.08. The van der Waals surface area contributed by atoms with E-state index in [1.54, 1.807) is 23.9 Å². The van der Waals surface area contributed by atoms with Crippen LogP contribution in [0.2, 0.25) is 0 Å². The second-order valence-corrected chi connectivity index (χ2v) is 11.3. The van der Waals surface area contributed by atoms with E-state index in [1.807, 2.05) is 12.1 Å². The number of H-pyrrole nitrogens is 1. The van der Waals surface area contributed by atoms with Gasteiger partial charge in [0, 0.05) is 21.6 Å². The summed E-state index contributed by atoms with van der Waals surface area (Å²) in [6.07, 6.45) is 0.716. The Balaban J connectivity index is 1.47. The predicted molar refractivity (Wildman–Crippen MR) is 116 cm³/mol. The average Bonchev–Trinajstić information content (AvgIpc) is 3.47. The van der Waals surface area contributed by atoms with Crippen LogP contribution in [0.1, 0.15) is 29.7 Å². The number of benzene rings is 1. The van der Waals surface area contributed by atoms with Gasteiger partial charge >= 0.3 is 10.8 Å². The number of imide groups is 1. The molecule has 3 fully saturated rings. The standard InChI is InChI=1S/C22H20N2O6S2/c1-7(21(28)29)24-19(26)14-9-6-10(15(14)20(24)27)16-13(9)12(8-4-2-3-5-11(8)25)17-18(31-16)23-22(30)32-17/h2-5,7,9-10,12-16,25H,6H2,1H3,(H,23,30)(H,28,29)/t7-,9-,10-,12-,13-,14+,15-,16-/m1/s1. The number of carbonyl (C=O) groups excluding carboxylic acids is 2. The summed E-state index contributed by atoms with van der Waals surface area (Å²) >= 11 is 2.69. The Labute approximate surface area is 190 Å². The Morgan fingerprint density at radius 1 is 1.16 bits per heavy atom. The number of aromatic amines is 1. The molecule has 32 heavy (non-hydrogen) atoms. The largest absolute Gasteiger partial charge is 0.508 e. The van der Waals surface area contributed by atoms with Crippen LogP contribution in [0.4, 0.5) is 0 Å². The van der Waals surface area contributed by atoms with Crippen molar-refractivity contribution < 1.29 is 24.6 Å². The number of aliphatic carboxylic acids is 1. The molecular weight excluding hydrogens is 452 g/mol. The van der Waals surface area contributed by atoms with Crippen molar-refractivity contribution in [2.45, 2.75) is 35.6 Å². The summed E-state index contributed by atoms with van der Waals surface area (Å²) in [6.45, 7) is 1.37. The third-order valence-electron chi connectivity index (χ3n) is 7.77. The van der Waals surface area contributed by atoms with Gasteiger partial charge in [-0.25, -0.2) is 4.79 Å². The Hall–Kier alpha value is -2.59. The highest BCUT2D eigenvalue weighted by molar-refractivity contribution is 8.00. The van der Waals surface area contributed by atoms with Gasteiger partial charge in [-0.3, -0.25) is 19.3 Å². The van der Waals surface area contributed by atoms with E-state index in [9.17, 15) is 29.4 Å². The van der Waals surface area contributed by atoms with Crippen molar-refractivity contribution in [2.24, 2.45) is 29.6 Å². The second kappa shape index (κ2) is 6.71. The van der Waals surface area contributed by atoms with Crippen LogP contribution in [0.25, 0.3) is 0 Å². The molecule has 8 nitrogen and oxygen atoms in total. The Morgan fingerprint density at radius 2 is 1.84 bits per heavy atom. The maximum atomic E-state index is 13.3. The van der Waals surface area contributed by atoms with Gasteiger partial charge in [0.25, 0.3) is 0 Å². The molecule has 8 atom stereocenters. The van der Waals surface area contributed by atoms with E-state index < -0.39 is 29.8 Å². The van der Waals surface area contributed by atoms with E-state index in [4.69, 9.17) is 0 Å². The van der Waals surface area contributed by atoms with Gasteiger partial charge in [0.15, 0.2) is 0 Å². The minimum absolute atomic E-state index is 0.000408. The molecule has 2 bridgehead atoms. The molecule has 2 aromatic rings.